The molecule has 10 heteroatoms. The highest BCUT2D eigenvalue weighted by atomic mass is 16.6. The van der Waals surface area contributed by atoms with Crippen molar-refractivity contribution in [1.29, 1.82) is 0 Å². The number of rotatable bonds is 6. The molecule has 2 aromatic rings. The Balaban J connectivity index is 1.76. The fraction of sp³-hybridized carbons (Fsp3) is 0.350. The molecule has 0 unspecified atom stereocenters. The smallest absolute Gasteiger partial charge is 0.351 e. The molecule has 0 radical (unpaired) electrons. The first-order chi connectivity index (χ1) is 14.3. The van der Waals surface area contributed by atoms with Crippen molar-refractivity contribution in [3.63, 3.8) is 0 Å². The van der Waals surface area contributed by atoms with Gasteiger partial charge in [-0.05, 0) is 18.2 Å². The van der Waals surface area contributed by atoms with Crippen molar-refractivity contribution in [2.75, 3.05) is 11.9 Å². The van der Waals surface area contributed by atoms with Crippen molar-refractivity contribution in [3.8, 4) is 0 Å². The SMILES string of the molecule is CC(=O)OC[C@@H]1C[C@@H](OC(C)=O)[C@H](n2ccc(NC(=O)c3ccccc3)nc2=O)O1. The number of aromatic nitrogens is 2. The van der Waals surface area contributed by atoms with Gasteiger partial charge in [-0.15, -0.1) is 0 Å². The Morgan fingerprint density at radius 2 is 1.90 bits per heavy atom. The van der Waals surface area contributed by atoms with Crippen LogP contribution in [0, 0.1) is 0 Å². The number of esters is 2. The number of hydrogen-bond donors (Lipinski definition) is 1. The summed E-state index contributed by atoms with van der Waals surface area (Å²) in [6, 6.07) is 9.94. The van der Waals surface area contributed by atoms with Crippen LogP contribution >= 0.6 is 0 Å². The van der Waals surface area contributed by atoms with Crippen LogP contribution in [0.25, 0.3) is 0 Å². The lowest BCUT2D eigenvalue weighted by Crippen LogP contribution is -2.34. The lowest BCUT2D eigenvalue weighted by Gasteiger charge is -2.20. The molecule has 0 bridgehead atoms. The van der Waals surface area contributed by atoms with Gasteiger partial charge in [-0.1, -0.05) is 18.2 Å². The Morgan fingerprint density at radius 3 is 2.53 bits per heavy atom. The van der Waals surface area contributed by atoms with E-state index in [1.54, 1.807) is 30.3 Å². The predicted molar refractivity (Wildman–Crippen MR) is 104 cm³/mol. The lowest BCUT2D eigenvalue weighted by molar-refractivity contribution is -0.153. The highest BCUT2D eigenvalue weighted by Crippen LogP contribution is 2.30. The summed E-state index contributed by atoms with van der Waals surface area (Å²) in [5.41, 5.74) is -0.276. The molecule has 10 nitrogen and oxygen atoms in total. The van der Waals surface area contributed by atoms with E-state index in [-0.39, 0.29) is 18.8 Å². The molecule has 1 aliphatic heterocycles. The molecule has 1 saturated heterocycles. The first-order valence-electron chi connectivity index (χ1n) is 9.25. The molecule has 0 spiro atoms. The number of amides is 1. The summed E-state index contributed by atoms with van der Waals surface area (Å²) < 4.78 is 17.1. The van der Waals surface area contributed by atoms with Crippen molar-refractivity contribution in [3.05, 3.63) is 58.6 Å². The van der Waals surface area contributed by atoms with Crippen molar-refractivity contribution in [2.45, 2.75) is 38.7 Å². The number of anilines is 1. The molecule has 158 valence electrons. The molecule has 1 amide bonds. The summed E-state index contributed by atoms with van der Waals surface area (Å²) in [5.74, 6) is -1.34. The second kappa shape index (κ2) is 9.31. The molecule has 30 heavy (non-hydrogen) atoms. The van der Waals surface area contributed by atoms with E-state index in [1.807, 2.05) is 0 Å². The normalized spacial score (nSPS) is 20.4. The van der Waals surface area contributed by atoms with Crippen LogP contribution in [-0.2, 0) is 23.8 Å². The van der Waals surface area contributed by atoms with Gasteiger partial charge in [0, 0.05) is 32.0 Å². The van der Waals surface area contributed by atoms with Gasteiger partial charge in [0.05, 0.1) is 6.10 Å². The van der Waals surface area contributed by atoms with E-state index in [1.165, 1.54) is 30.7 Å². The van der Waals surface area contributed by atoms with Crippen LogP contribution in [0.3, 0.4) is 0 Å². The summed E-state index contributed by atoms with van der Waals surface area (Å²) in [4.78, 5) is 51.1. The molecule has 2 heterocycles. The highest BCUT2D eigenvalue weighted by molar-refractivity contribution is 6.03. The molecule has 3 rings (SSSR count). The molecule has 0 saturated carbocycles. The highest BCUT2D eigenvalue weighted by Gasteiger charge is 2.40. The third kappa shape index (κ3) is 5.29. The number of ether oxygens (including phenoxy) is 3. The zero-order valence-corrected chi connectivity index (χ0v) is 16.4. The maximum atomic E-state index is 12.5. The quantitative estimate of drug-likeness (QED) is 0.699. The first-order valence-corrected chi connectivity index (χ1v) is 9.25. The summed E-state index contributed by atoms with van der Waals surface area (Å²) in [7, 11) is 0. The van der Waals surface area contributed by atoms with Gasteiger partial charge < -0.3 is 19.5 Å². The van der Waals surface area contributed by atoms with Crippen LogP contribution < -0.4 is 11.0 Å². The van der Waals surface area contributed by atoms with Gasteiger partial charge in [-0.3, -0.25) is 19.0 Å². The number of benzene rings is 1. The Hall–Kier alpha value is -3.53. The largest absolute Gasteiger partial charge is 0.463 e. The minimum absolute atomic E-state index is 0.0308. The second-order valence-electron chi connectivity index (χ2n) is 6.66. The Kier molecular flexibility index (Phi) is 6.58. The van der Waals surface area contributed by atoms with Gasteiger partial charge >= 0.3 is 17.6 Å². The monoisotopic (exact) mass is 415 g/mol. The molecule has 1 fully saturated rings. The molecule has 1 aliphatic rings. The molecule has 1 aromatic heterocycles. The third-order valence-corrected chi connectivity index (χ3v) is 4.32. The van der Waals surface area contributed by atoms with Crippen molar-refractivity contribution in [2.24, 2.45) is 0 Å². The van der Waals surface area contributed by atoms with Gasteiger partial charge in [-0.25, -0.2) is 4.79 Å². The first kappa shape index (κ1) is 21.2. The average Bonchev–Trinajstić information content (AvgIpc) is 3.09. The molecule has 0 aliphatic carbocycles. The van der Waals surface area contributed by atoms with Crippen molar-refractivity contribution >= 4 is 23.7 Å². The third-order valence-electron chi connectivity index (χ3n) is 4.32. The fourth-order valence-corrected chi connectivity index (χ4v) is 3.05. The van der Waals surface area contributed by atoms with Crippen LogP contribution in [0.1, 0.15) is 36.9 Å². The van der Waals surface area contributed by atoms with Crippen LogP contribution in [0.15, 0.2) is 47.4 Å². The average molecular weight is 415 g/mol. The van der Waals surface area contributed by atoms with E-state index in [2.05, 4.69) is 10.3 Å². The number of carbonyl (C=O) groups is 3. The minimum atomic E-state index is -0.937. The summed E-state index contributed by atoms with van der Waals surface area (Å²) in [6.07, 6.45) is -0.602. The number of nitrogens with zero attached hydrogens (tertiary/aromatic N) is 2. The summed E-state index contributed by atoms with van der Waals surface area (Å²) in [6.45, 7) is 2.49. The number of nitrogens with one attached hydrogen (secondary N) is 1. The maximum Gasteiger partial charge on any atom is 0.351 e. The topological polar surface area (TPSA) is 126 Å². The molecule has 1 aromatic carbocycles. The minimum Gasteiger partial charge on any atom is -0.463 e. The Bertz CT molecular complexity index is 989. The van der Waals surface area contributed by atoms with E-state index in [4.69, 9.17) is 14.2 Å². The second-order valence-corrected chi connectivity index (χ2v) is 6.66. The van der Waals surface area contributed by atoms with Gasteiger partial charge in [0.25, 0.3) is 5.91 Å². The zero-order chi connectivity index (χ0) is 21.7. The van der Waals surface area contributed by atoms with E-state index < -0.39 is 42.0 Å². The van der Waals surface area contributed by atoms with Crippen LogP contribution in [-0.4, -0.2) is 46.2 Å². The zero-order valence-electron chi connectivity index (χ0n) is 16.4. The summed E-state index contributed by atoms with van der Waals surface area (Å²) in [5, 5.41) is 2.55. The molecule has 1 N–H and O–H groups in total. The van der Waals surface area contributed by atoms with Crippen molar-refractivity contribution in [1.82, 2.24) is 9.55 Å². The number of carbonyl (C=O) groups excluding carboxylic acids is 3. The lowest BCUT2D eigenvalue weighted by atomic mass is 10.2. The predicted octanol–water partition coefficient (Wildman–Crippen LogP) is 1.28. The van der Waals surface area contributed by atoms with E-state index >= 15 is 0 Å². The number of hydrogen-bond acceptors (Lipinski definition) is 8. The van der Waals surface area contributed by atoms with Crippen LogP contribution in [0.2, 0.25) is 0 Å². The molecular weight excluding hydrogens is 394 g/mol. The standard InChI is InChI=1S/C20H21N3O7/c1-12(24)28-11-15-10-16(29-13(2)25)19(30-15)23-9-8-17(22-20(23)27)21-18(26)14-6-4-3-5-7-14/h3-9,15-16,19H,10-11H2,1-2H3,(H,21,22,26,27)/t15-,16+,19+/m0/s1. The van der Waals surface area contributed by atoms with E-state index in [0.29, 0.717) is 5.56 Å². The fourth-order valence-electron chi connectivity index (χ4n) is 3.05. The van der Waals surface area contributed by atoms with E-state index in [0.717, 1.165) is 0 Å². The summed E-state index contributed by atoms with van der Waals surface area (Å²) >= 11 is 0. The van der Waals surface area contributed by atoms with Gasteiger partial charge in [0.2, 0.25) is 0 Å². The van der Waals surface area contributed by atoms with Crippen LogP contribution in [0.5, 0.6) is 0 Å². The Morgan fingerprint density at radius 1 is 1.17 bits per heavy atom. The van der Waals surface area contributed by atoms with Gasteiger partial charge in [0.15, 0.2) is 6.23 Å². The van der Waals surface area contributed by atoms with E-state index in [9.17, 15) is 19.2 Å². The molecular formula is C20H21N3O7. The van der Waals surface area contributed by atoms with Crippen molar-refractivity contribution < 1.29 is 28.6 Å². The molecule has 3 atom stereocenters. The van der Waals surface area contributed by atoms with Gasteiger partial charge in [-0.2, -0.15) is 4.98 Å². The van der Waals surface area contributed by atoms with Crippen LogP contribution in [0.4, 0.5) is 5.82 Å². The Labute approximate surface area is 171 Å². The maximum absolute atomic E-state index is 12.5. The van der Waals surface area contributed by atoms with Gasteiger partial charge in [0.1, 0.15) is 18.5 Å².